The highest BCUT2D eigenvalue weighted by atomic mass is 15.2. The van der Waals surface area contributed by atoms with Gasteiger partial charge >= 0.3 is 0 Å². The molecule has 8 heteroatoms. The molecule has 16 rings (SSSR count). The topological polar surface area (TPSA) is 62.8 Å². The molecule has 0 saturated carbocycles. The summed E-state index contributed by atoms with van der Waals surface area (Å²) < 4.78 is 81.0. The van der Waals surface area contributed by atoms with Crippen LogP contribution in [-0.4, -0.2) is 33.2 Å². The number of benzene rings is 11. The lowest BCUT2D eigenvalue weighted by molar-refractivity contribution is 1.02. The molecule has 0 aliphatic heterocycles. The van der Waals surface area contributed by atoms with Crippen molar-refractivity contribution < 1.29 is 11.0 Å². The van der Waals surface area contributed by atoms with Crippen LogP contribution in [0.4, 0.5) is 5.69 Å². The van der Waals surface area contributed by atoms with Gasteiger partial charge < -0.3 is 18.3 Å². The molecule has 0 fully saturated rings. The van der Waals surface area contributed by atoms with E-state index in [9.17, 15) is 6.57 Å². The summed E-state index contributed by atoms with van der Waals surface area (Å²) in [5.74, 6) is 0.837. The van der Waals surface area contributed by atoms with Gasteiger partial charge in [0.05, 0.1) is 90.0 Å². The zero-order valence-electron chi connectivity index (χ0n) is 49.2. The molecule has 0 N–H and O–H groups in total. The summed E-state index contributed by atoms with van der Waals surface area (Å²) in [4.78, 5) is 21.2. The Labute approximate surface area is 458 Å². The Hall–Kier alpha value is -10.9. The van der Waals surface area contributed by atoms with Crippen LogP contribution in [0.1, 0.15) is 11.0 Å². The van der Waals surface area contributed by atoms with Gasteiger partial charge in [-0.15, -0.1) is 0 Å². The second kappa shape index (κ2) is 17.1. The molecule has 0 aliphatic carbocycles. The van der Waals surface area contributed by atoms with Crippen LogP contribution in [0.25, 0.3) is 149 Å². The summed E-state index contributed by atoms with van der Waals surface area (Å²) in [7, 11) is 0. The van der Waals surface area contributed by atoms with Crippen LogP contribution in [-0.2, 0) is 0 Å². The normalized spacial score (nSPS) is 13.3. The number of hydrogen-bond donors (Lipinski definition) is 0. The van der Waals surface area contributed by atoms with E-state index in [1.165, 1.54) is 0 Å². The first-order valence-corrected chi connectivity index (χ1v) is 25.4. The third kappa shape index (κ3) is 6.24. The maximum atomic E-state index is 10.1. The first-order chi connectivity index (χ1) is 41.9. The summed E-state index contributed by atoms with van der Waals surface area (Å²) in [6, 6.07) is 64.4. The fraction of sp³-hybridized carbons (Fsp3) is 0. The zero-order chi connectivity index (χ0) is 58.4. The summed E-state index contributed by atoms with van der Waals surface area (Å²) in [5.41, 5.74) is 8.43. The van der Waals surface area contributed by atoms with E-state index >= 15 is 0 Å². The third-order valence-corrected chi connectivity index (χ3v) is 15.1. The molecule has 362 valence electrons. The Morgan fingerprint density at radius 3 is 0.859 bits per heavy atom. The van der Waals surface area contributed by atoms with Crippen LogP contribution in [0, 0.1) is 6.57 Å². The molecular formula is C70H42N8. The van der Waals surface area contributed by atoms with E-state index in [0.29, 0.717) is 138 Å². The Morgan fingerprint density at radius 1 is 0.282 bits per heavy atom. The van der Waals surface area contributed by atoms with Crippen LogP contribution in [0.5, 0.6) is 0 Å². The number of para-hydroxylation sites is 8. The fourth-order valence-corrected chi connectivity index (χ4v) is 11.9. The number of aromatic nitrogens is 7. The second-order valence-electron chi connectivity index (χ2n) is 19.2. The average molecular weight is 1000 g/mol. The molecule has 0 spiro atoms. The molecule has 5 aromatic heterocycles. The maximum absolute atomic E-state index is 10.1. The molecule has 0 radical (unpaired) electrons. The molecule has 0 amide bonds. The zero-order valence-corrected chi connectivity index (χ0v) is 41.2. The van der Waals surface area contributed by atoms with Crippen molar-refractivity contribution in [2.24, 2.45) is 0 Å². The van der Waals surface area contributed by atoms with Crippen molar-refractivity contribution in [1.82, 2.24) is 33.2 Å². The quantitative estimate of drug-likeness (QED) is 0.149. The molecule has 0 unspecified atom stereocenters. The van der Waals surface area contributed by atoms with Crippen molar-refractivity contribution >= 4 is 92.9 Å². The summed E-state index contributed by atoms with van der Waals surface area (Å²) in [6.45, 7) is 10.1. The van der Waals surface area contributed by atoms with Crippen molar-refractivity contribution in [3.63, 3.8) is 0 Å². The van der Waals surface area contributed by atoms with Gasteiger partial charge in [-0.1, -0.05) is 206 Å². The fourth-order valence-electron chi connectivity index (χ4n) is 11.9. The van der Waals surface area contributed by atoms with Crippen LogP contribution >= 0.6 is 0 Å². The van der Waals surface area contributed by atoms with Crippen LogP contribution < -0.4 is 0 Å². The highest BCUT2D eigenvalue weighted by Crippen LogP contribution is 2.54. The highest BCUT2D eigenvalue weighted by molar-refractivity contribution is 6.18. The van der Waals surface area contributed by atoms with Crippen molar-refractivity contribution in [2.45, 2.75) is 0 Å². The standard InChI is InChI=1S/C70H42N8/c1-71-63-64(75-54-36-16-8-28-46(54)47-29-9-17-37-55(47)75)62(70-73-68(44-24-4-2-5-25-44)72-69(74-70)45-26-6-3-7-27-45)65(76-56-38-18-10-30-48(56)49-31-11-19-39-57(49)76)67(78-60-42-22-14-34-52(60)53-35-15-23-43-61(53)78)66(63)77-58-40-20-12-32-50(58)51-33-13-21-41-59(51)77/h2-43H/i8D,9D,10D,11D,12D,13D,14D,15D. The monoisotopic (exact) mass is 1000 g/mol. The molecule has 8 nitrogen and oxygen atoms in total. The minimum Gasteiger partial charge on any atom is -0.318 e. The van der Waals surface area contributed by atoms with Gasteiger partial charge in [0, 0.05) is 54.2 Å². The molecule has 0 aliphatic rings. The molecule has 0 atom stereocenters. The smallest absolute Gasteiger partial charge is 0.236 e. The number of nitrogens with zero attached hydrogens (tertiary/aromatic N) is 8. The summed E-state index contributed by atoms with van der Waals surface area (Å²) in [5, 5.41) is 5.34. The predicted octanol–water partition coefficient (Wildman–Crippen LogP) is 17.8. The van der Waals surface area contributed by atoms with E-state index in [2.05, 4.69) is 9.13 Å². The van der Waals surface area contributed by atoms with Gasteiger partial charge in [0.15, 0.2) is 17.5 Å². The second-order valence-corrected chi connectivity index (χ2v) is 19.2. The van der Waals surface area contributed by atoms with Gasteiger partial charge in [-0.25, -0.2) is 19.8 Å². The maximum Gasteiger partial charge on any atom is 0.236 e. The minimum atomic E-state index is 0.112. The van der Waals surface area contributed by atoms with E-state index in [1.807, 2.05) is 118 Å². The van der Waals surface area contributed by atoms with E-state index in [0.717, 1.165) is 0 Å². The predicted molar refractivity (Wildman–Crippen MR) is 320 cm³/mol. The highest BCUT2D eigenvalue weighted by Gasteiger charge is 2.36. The van der Waals surface area contributed by atoms with Crippen LogP contribution in [0.2, 0.25) is 0 Å². The average Bonchev–Trinajstić information content (AvgIpc) is 1.43. The SMILES string of the molecule is [2H]c1ccc2c(c1)c1cc([2H])ccc1n2-c1c([N+]#[C-])c(-n2c3ccc([2H])cc3c3cc([2H])ccc32)c(-n2c3ccc([2H])cc3c3cc([2H])ccc32)c(-n2c3ccc([2H])cc3c3cc([2H])ccc32)c1-c1nc(-c2ccccc2)nc(-c2ccccc2)n1. The Kier molecular flexibility index (Phi) is 7.91. The Balaban J connectivity index is 1.28. The molecule has 5 heterocycles. The van der Waals surface area contributed by atoms with Gasteiger partial charge in [0.2, 0.25) is 5.69 Å². The van der Waals surface area contributed by atoms with Gasteiger partial charge in [-0.05, 0) is 48.5 Å². The Bertz CT molecular complexity index is 5370. The first-order valence-electron chi connectivity index (χ1n) is 29.4. The largest absolute Gasteiger partial charge is 0.318 e. The number of fused-ring (bicyclic) bond motifs is 12. The van der Waals surface area contributed by atoms with E-state index in [-0.39, 0.29) is 59.9 Å². The van der Waals surface area contributed by atoms with Crippen molar-refractivity contribution in [3.8, 4) is 56.9 Å². The van der Waals surface area contributed by atoms with E-state index in [4.69, 9.17) is 30.8 Å². The van der Waals surface area contributed by atoms with Gasteiger partial charge in [0.25, 0.3) is 0 Å². The lowest BCUT2D eigenvalue weighted by atomic mass is 10.00. The number of hydrogen-bond acceptors (Lipinski definition) is 3. The van der Waals surface area contributed by atoms with Crippen molar-refractivity contribution in [2.75, 3.05) is 0 Å². The van der Waals surface area contributed by atoms with Crippen LogP contribution in [0.3, 0.4) is 0 Å². The molecule has 11 aromatic carbocycles. The van der Waals surface area contributed by atoms with Gasteiger partial charge in [0.1, 0.15) is 0 Å². The molecule has 78 heavy (non-hydrogen) atoms. The van der Waals surface area contributed by atoms with Gasteiger partial charge in [-0.2, -0.15) is 0 Å². The van der Waals surface area contributed by atoms with Crippen molar-refractivity contribution in [1.29, 1.82) is 0 Å². The molecular weight excluding hydrogens is 953 g/mol. The summed E-state index contributed by atoms with van der Waals surface area (Å²) >= 11 is 0. The Morgan fingerprint density at radius 2 is 0.551 bits per heavy atom. The van der Waals surface area contributed by atoms with Crippen molar-refractivity contribution in [3.05, 3.63) is 266 Å². The molecule has 0 bridgehead atoms. The lowest BCUT2D eigenvalue weighted by Crippen LogP contribution is -2.15. The molecule has 0 saturated heterocycles. The van der Waals surface area contributed by atoms with Crippen LogP contribution in [0.15, 0.2) is 255 Å². The first kappa shape index (κ1) is 36.1. The van der Waals surface area contributed by atoms with E-state index < -0.39 is 0 Å². The minimum absolute atomic E-state index is 0.112. The number of rotatable bonds is 7. The van der Waals surface area contributed by atoms with Gasteiger partial charge in [-0.3, -0.25) is 0 Å². The molecule has 16 aromatic rings. The third-order valence-electron chi connectivity index (χ3n) is 15.1. The summed E-state index contributed by atoms with van der Waals surface area (Å²) in [6.07, 6.45) is 0. The van der Waals surface area contributed by atoms with E-state index in [1.54, 1.807) is 97.1 Å². The lowest BCUT2D eigenvalue weighted by Gasteiger charge is -2.29.